The van der Waals surface area contributed by atoms with Gasteiger partial charge in [-0.15, -0.1) is 0 Å². The summed E-state index contributed by atoms with van der Waals surface area (Å²) in [5, 5.41) is 19.0. The van der Waals surface area contributed by atoms with Crippen LogP contribution in [0, 0.1) is 21.4 Å². The van der Waals surface area contributed by atoms with Crippen molar-refractivity contribution in [1.29, 1.82) is 5.26 Å². The lowest BCUT2D eigenvalue weighted by atomic mass is 10.3. The molecule has 1 heterocycles. The molecule has 0 amide bonds. The smallest absolute Gasteiger partial charge is 0.271 e. The molecule has 2 aromatic rings. The molecule has 0 saturated carbocycles. The number of hydrogen-bond acceptors (Lipinski definition) is 4. The molecule has 1 aromatic carbocycles. The predicted molar refractivity (Wildman–Crippen MR) is 56.7 cm³/mol. The number of rotatable bonds is 3. The van der Waals surface area contributed by atoms with E-state index in [-0.39, 0.29) is 5.69 Å². The van der Waals surface area contributed by atoms with Gasteiger partial charge in [-0.25, -0.2) is 4.98 Å². The normalized spacial score (nSPS) is 10.2. The quantitative estimate of drug-likeness (QED) is 0.626. The van der Waals surface area contributed by atoms with Crippen LogP contribution in [0.15, 0.2) is 18.2 Å². The first-order valence-corrected chi connectivity index (χ1v) is 4.70. The van der Waals surface area contributed by atoms with E-state index in [1.54, 1.807) is 6.07 Å². The zero-order valence-corrected chi connectivity index (χ0v) is 8.30. The molecule has 0 fully saturated rings. The summed E-state index contributed by atoms with van der Waals surface area (Å²) >= 11 is 0. The Bertz CT molecular complexity index is 582. The Hall–Kier alpha value is -2.42. The first kappa shape index (κ1) is 10.1. The van der Waals surface area contributed by atoms with Crippen LogP contribution in [0.5, 0.6) is 0 Å². The highest BCUT2D eigenvalue weighted by Gasteiger charge is 2.09. The summed E-state index contributed by atoms with van der Waals surface area (Å²) in [4.78, 5) is 17.3. The molecule has 2 rings (SSSR count). The maximum absolute atomic E-state index is 10.6. The molecule has 0 saturated heterocycles. The summed E-state index contributed by atoms with van der Waals surface area (Å²) in [6.07, 6.45) is 0.904. The number of nitro benzene ring substituents is 1. The van der Waals surface area contributed by atoms with E-state index >= 15 is 0 Å². The van der Waals surface area contributed by atoms with Crippen LogP contribution in [0.2, 0.25) is 0 Å². The fraction of sp³-hybridized carbons (Fsp3) is 0.200. The summed E-state index contributed by atoms with van der Waals surface area (Å²) in [6.45, 7) is 0. The zero-order chi connectivity index (χ0) is 11.5. The van der Waals surface area contributed by atoms with Gasteiger partial charge < -0.3 is 4.98 Å². The Morgan fingerprint density at radius 2 is 2.38 bits per heavy atom. The maximum atomic E-state index is 10.6. The van der Waals surface area contributed by atoms with E-state index < -0.39 is 4.92 Å². The number of aromatic amines is 1. The van der Waals surface area contributed by atoms with Crippen LogP contribution in [0.3, 0.4) is 0 Å². The number of nitrogens with one attached hydrogen (secondary N) is 1. The summed E-state index contributed by atoms with van der Waals surface area (Å²) in [7, 11) is 0. The van der Waals surface area contributed by atoms with Gasteiger partial charge in [0, 0.05) is 25.0 Å². The second kappa shape index (κ2) is 3.98. The van der Waals surface area contributed by atoms with Gasteiger partial charge in [-0.1, -0.05) is 0 Å². The monoisotopic (exact) mass is 216 g/mol. The van der Waals surface area contributed by atoms with E-state index in [1.165, 1.54) is 12.1 Å². The van der Waals surface area contributed by atoms with E-state index in [9.17, 15) is 10.1 Å². The molecule has 6 heteroatoms. The Morgan fingerprint density at radius 1 is 1.56 bits per heavy atom. The summed E-state index contributed by atoms with van der Waals surface area (Å²) in [5.74, 6) is 0.678. The molecule has 0 unspecified atom stereocenters. The molecular weight excluding hydrogens is 208 g/mol. The number of imidazole rings is 1. The second-order valence-corrected chi connectivity index (χ2v) is 3.30. The molecule has 80 valence electrons. The molecule has 16 heavy (non-hydrogen) atoms. The van der Waals surface area contributed by atoms with Crippen molar-refractivity contribution >= 4 is 16.7 Å². The van der Waals surface area contributed by atoms with Gasteiger partial charge in [0.15, 0.2) is 0 Å². The molecule has 1 N–H and O–H groups in total. The molecule has 0 aliphatic rings. The Labute approximate surface area is 90.7 Å². The van der Waals surface area contributed by atoms with Gasteiger partial charge in [0.1, 0.15) is 5.82 Å². The number of aromatic nitrogens is 2. The lowest BCUT2D eigenvalue weighted by Gasteiger charge is -1.89. The highest BCUT2D eigenvalue weighted by molar-refractivity contribution is 5.77. The van der Waals surface area contributed by atoms with Crippen molar-refractivity contribution in [3.63, 3.8) is 0 Å². The van der Waals surface area contributed by atoms with Crippen LogP contribution in [0.1, 0.15) is 12.2 Å². The van der Waals surface area contributed by atoms with Gasteiger partial charge in [-0.3, -0.25) is 10.1 Å². The molecule has 0 aliphatic heterocycles. The third-order valence-corrected chi connectivity index (χ3v) is 2.20. The van der Waals surface area contributed by atoms with Crippen molar-refractivity contribution in [3.8, 4) is 6.07 Å². The third-order valence-electron chi connectivity index (χ3n) is 2.20. The van der Waals surface area contributed by atoms with Crippen molar-refractivity contribution in [3.05, 3.63) is 34.1 Å². The van der Waals surface area contributed by atoms with Crippen LogP contribution in [-0.2, 0) is 6.42 Å². The van der Waals surface area contributed by atoms with E-state index in [0.29, 0.717) is 29.7 Å². The standard InChI is InChI=1S/C10H8N4O2/c11-5-1-2-10-12-8-4-3-7(14(15)16)6-9(8)13-10/h3-4,6H,1-2H2,(H,12,13). The van der Waals surface area contributed by atoms with Crippen LogP contribution in [-0.4, -0.2) is 14.9 Å². The minimum atomic E-state index is -0.449. The van der Waals surface area contributed by atoms with Crippen LogP contribution in [0.25, 0.3) is 11.0 Å². The first-order valence-electron chi connectivity index (χ1n) is 4.70. The predicted octanol–water partition coefficient (Wildman–Crippen LogP) is 1.93. The molecule has 6 nitrogen and oxygen atoms in total. The van der Waals surface area contributed by atoms with Crippen molar-refractivity contribution < 1.29 is 4.92 Å². The third kappa shape index (κ3) is 1.83. The maximum Gasteiger partial charge on any atom is 0.271 e. The lowest BCUT2D eigenvalue weighted by molar-refractivity contribution is -0.384. The SMILES string of the molecule is N#CCCc1nc2ccc([N+](=O)[O-])cc2[nH]1. The summed E-state index contributed by atoms with van der Waals surface area (Å²) < 4.78 is 0. The average Bonchev–Trinajstić information content (AvgIpc) is 2.67. The van der Waals surface area contributed by atoms with Crippen molar-refractivity contribution in [1.82, 2.24) is 9.97 Å². The van der Waals surface area contributed by atoms with Gasteiger partial charge in [-0.05, 0) is 6.07 Å². The second-order valence-electron chi connectivity index (χ2n) is 3.30. The van der Waals surface area contributed by atoms with E-state index in [2.05, 4.69) is 9.97 Å². The molecule has 0 radical (unpaired) electrons. The molecule has 0 aliphatic carbocycles. The molecule has 0 spiro atoms. The Morgan fingerprint density at radius 3 is 3.06 bits per heavy atom. The molecular formula is C10H8N4O2. The Balaban J connectivity index is 2.39. The van der Waals surface area contributed by atoms with Gasteiger partial charge >= 0.3 is 0 Å². The minimum Gasteiger partial charge on any atom is -0.342 e. The van der Waals surface area contributed by atoms with Crippen LogP contribution < -0.4 is 0 Å². The van der Waals surface area contributed by atoms with Gasteiger partial charge in [0.2, 0.25) is 0 Å². The largest absolute Gasteiger partial charge is 0.342 e. The van der Waals surface area contributed by atoms with E-state index in [4.69, 9.17) is 5.26 Å². The number of nitrogens with zero attached hydrogens (tertiary/aromatic N) is 3. The van der Waals surface area contributed by atoms with Crippen molar-refractivity contribution in [2.75, 3.05) is 0 Å². The fourth-order valence-electron chi connectivity index (χ4n) is 1.46. The fourth-order valence-corrected chi connectivity index (χ4v) is 1.46. The lowest BCUT2D eigenvalue weighted by Crippen LogP contribution is -1.86. The molecule has 1 aromatic heterocycles. The highest BCUT2D eigenvalue weighted by Crippen LogP contribution is 2.19. The first-order chi connectivity index (χ1) is 7.70. The Kier molecular flexibility index (Phi) is 2.52. The van der Waals surface area contributed by atoms with Crippen molar-refractivity contribution in [2.45, 2.75) is 12.8 Å². The highest BCUT2D eigenvalue weighted by atomic mass is 16.6. The van der Waals surface area contributed by atoms with Crippen LogP contribution in [0.4, 0.5) is 5.69 Å². The summed E-state index contributed by atoms with van der Waals surface area (Å²) in [5.41, 5.74) is 1.34. The topological polar surface area (TPSA) is 95.6 Å². The van der Waals surface area contributed by atoms with Gasteiger partial charge in [0.25, 0.3) is 5.69 Å². The van der Waals surface area contributed by atoms with Gasteiger partial charge in [-0.2, -0.15) is 5.26 Å². The number of benzene rings is 1. The number of non-ortho nitro benzene ring substituents is 1. The number of nitro groups is 1. The van der Waals surface area contributed by atoms with Crippen molar-refractivity contribution in [2.24, 2.45) is 0 Å². The number of hydrogen-bond donors (Lipinski definition) is 1. The average molecular weight is 216 g/mol. The van der Waals surface area contributed by atoms with Crippen LogP contribution >= 0.6 is 0 Å². The van der Waals surface area contributed by atoms with Gasteiger partial charge in [0.05, 0.1) is 22.0 Å². The van der Waals surface area contributed by atoms with E-state index in [0.717, 1.165) is 0 Å². The zero-order valence-electron chi connectivity index (χ0n) is 8.30. The minimum absolute atomic E-state index is 0.0305. The number of nitriles is 1. The number of aryl methyl sites for hydroxylation is 1. The number of fused-ring (bicyclic) bond motifs is 1. The molecule has 0 bridgehead atoms. The number of H-pyrrole nitrogens is 1. The summed E-state index contributed by atoms with van der Waals surface area (Å²) in [6, 6.07) is 6.48. The van der Waals surface area contributed by atoms with E-state index in [1.807, 2.05) is 6.07 Å². The molecule has 0 atom stereocenters.